The fourth-order valence-corrected chi connectivity index (χ4v) is 13.4. The third-order valence-electron chi connectivity index (χ3n) is 14.6. The Labute approximate surface area is 366 Å². The van der Waals surface area contributed by atoms with E-state index in [2.05, 4.69) is 29.5 Å². The monoisotopic (exact) mass is 894 g/mol. The number of hydrogen-bond acceptors (Lipinski definition) is 14. The van der Waals surface area contributed by atoms with Gasteiger partial charge in [0.15, 0.2) is 5.78 Å². The SMILES string of the molecule is C[C@]12CCC3=C(COC3=O)[C@@H]1CO[C@]1(C)[C@H](OC(=O)CCCSSCCNCCCOc3ccc4nccc(C(=O)NCC(=O)C5CC(F)(F)C[C@H]5C#N)c4c3)[C@H]3C[C@H]3[C@@H]3O[C@]321. The molecule has 1 aromatic carbocycles. The summed E-state index contributed by atoms with van der Waals surface area (Å²) in [5.74, 6) is -3.78. The van der Waals surface area contributed by atoms with Crippen molar-refractivity contribution in [1.82, 2.24) is 15.6 Å². The second-order valence-corrected chi connectivity index (χ2v) is 20.9. The van der Waals surface area contributed by atoms with E-state index < -0.39 is 60.0 Å². The minimum Gasteiger partial charge on any atom is -0.494 e. The molecule has 13 nitrogen and oxygen atoms in total. The van der Waals surface area contributed by atoms with Crippen LogP contribution in [0.15, 0.2) is 41.6 Å². The molecule has 2 saturated heterocycles. The highest BCUT2D eigenvalue weighted by atomic mass is 33.1. The first kappa shape index (κ1) is 43.4. The van der Waals surface area contributed by atoms with Crippen LogP contribution in [0.1, 0.15) is 75.6 Å². The van der Waals surface area contributed by atoms with E-state index in [-0.39, 0.29) is 47.0 Å². The Morgan fingerprint density at radius 3 is 2.76 bits per heavy atom. The van der Waals surface area contributed by atoms with Crippen LogP contribution < -0.4 is 15.4 Å². The average Bonchev–Trinajstić information content (AvgIpc) is 4.15. The standard InChI is InChI=1S/C45H52F2N4O9S2/c1-42-10-8-28-33(23-57-41(28)55)34(42)24-58-43(2)38(30-18-31(30)39-45(42,43)60-39)59-37(53)5-3-15-61-62-16-13-49-11-4-14-56-26-6-7-35-29(17-26)27(9-12-50-35)40(54)51-22-36(52)32-20-44(46,47)19-25(32)21-48/h6-7,9,12,17,25,30-32,34,38-39,49H,3-5,8,10-11,13-16,18-20,22-24H2,1-2H3,(H,51,54)/t25-,30-,31+,32?,34-,38+,39-,42-,43+,45+/m0/s1. The molecule has 17 heteroatoms. The molecule has 7 aliphatic rings. The fraction of sp³-hybridized carbons (Fsp3) is 0.644. The van der Waals surface area contributed by atoms with Gasteiger partial charge in [-0.2, -0.15) is 5.26 Å². The molecule has 9 rings (SSSR count). The molecule has 3 saturated carbocycles. The van der Waals surface area contributed by atoms with Crippen LogP contribution >= 0.6 is 21.6 Å². The topological polar surface area (TPSA) is 178 Å². The Morgan fingerprint density at radius 2 is 1.92 bits per heavy atom. The van der Waals surface area contributed by atoms with Gasteiger partial charge in [-0.3, -0.25) is 19.4 Å². The van der Waals surface area contributed by atoms with Crippen LogP contribution in [0.4, 0.5) is 8.78 Å². The van der Waals surface area contributed by atoms with Gasteiger partial charge in [0.25, 0.3) is 5.91 Å². The summed E-state index contributed by atoms with van der Waals surface area (Å²) in [5.41, 5.74) is 1.23. The number of amides is 1. The van der Waals surface area contributed by atoms with Crippen molar-refractivity contribution in [2.75, 3.05) is 51.0 Å². The number of ketones is 1. The van der Waals surface area contributed by atoms with Crippen molar-refractivity contribution >= 4 is 56.1 Å². The summed E-state index contributed by atoms with van der Waals surface area (Å²) < 4.78 is 58.8. The van der Waals surface area contributed by atoms with Gasteiger partial charge in [-0.05, 0) is 81.3 Å². The summed E-state index contributed by atoms with van der Waals surface area (Å²) in [7, 11) is 3.51. The number of Topliss-reactive ketones (excluding diaryl/α,β-unsaturated/α-hetero) is 1. The number of pyridine rings is 1. The van der Waals surface area contributed by atoms with Gasteiger partial charge in [-0.25, -0.2) is 13.6 Å². The van der Waals surface area contributed by atoms with E-state index in [1.807, 2.05) is 0 Å². The number of carbonyl (C=O) groups excluding carboxylic acids is 4. The average molecular weight is 895 g/mol. The van der Waals surface area contributed by atoms with Gasteiger partial charge in [0.05, 0.1) is 48.9 Å². The lowest BCUT2D eigenvalue weighted by molar-refractivity contribution is -0.252. The maximum atomic E-state index is 13.8. The number of epoxide rings is 1. The number of hydrogen-bond donors (Lipinski definition) is 2. The van der Waals surface area contributed by atoms with Crippen LogP contribution in [0, 0.1) is 46.3 Å². The van der Waals surface area contributed by atoms with Crippen molar-refractivity contribution < 1.29 is 51.6 Å². The number of ether oxygens (including phenoxy) is 5. The molecule has 10 atom stereocenters. The predicted octanol–water partition coefficient (Wildman–Crippen LogP) is 6.00. The summed E-state index contributed by atoms with van der Waals surface area (Å²) in [6.07, 6.45) is 4.22. The molecule has 3 aliphatic heterocycles. The molecule has 1 spiro atoms. The van der Waals surface area contributed by atoms with Gasteiger partial charge in [0.1, 0.15) is 29.7 Å². The minimum absolute atomic E-state index is 0.0584. The summed E-state index contributed by atoms with van der Waals surface area (Å²) in [6, 6.07) is 8.56. The Kier molecular flexibility index (Phi) is 11.9. The van der Waals surface area contributed by atoms with Crippen LogP contribution in [0.3, 0.4) is 0 Å². The van der Waals surface area contributed by atoms with Gasteiger partial charge in [-0.15, -0.1) is 0 Å². The lowest BCUT2D eigenvalue weighted by Gasteiger charge is -2.59. The summed E-state index contributed by atoms with van der Waals surface area (Å²) >= 11 is 0. The first-order valence-electron chi connectivity index (χ1n) is 21.8. The smallest absolute Gasteiger partial charge is 0.334 e. The van der Waals surface area contributed by atoms with Gasteiger partial charge < -0.3 is 34.3 Å². The number of benzene rings is 1. The van der Waals surface area contributed by atoms with Crippen molar-refractivity contribution in [2.24, 2.45) is 35.0 Å². The molecule has 62 heavy (non-hydrogen) atoms. The van der Waals surface area contributed by atoms with Crippen LogP contribution in [0.25, 0.3) is 10.9 Å². The maximum absolute atomic E-state index is 13.8. The first-order chi connectivity index (χ1) is 29.8. The maximum Gasteiger partial charge on any atom is 0.334 e. The molecular formula is C45H52F2N4O9S2. The Bertz CT molecular complexity index is 2220. The zero-order chi connectivity index (χ0) is 43.4. The van der Waals surface area contributed by atoms with E-state index in [4.69, 9.17) is 23.7 Å². The molecule has 332 valence electrons. The Hall–Kier alpha value is -3.82. The molecule has 2 aromatic rings. The van der Waals surface area contributed by atoms with E-state index in [0.29, 0.717) is 55.2 Å². The number of fused-ring (bicyclic) bond motifs is 5. The highest BCUT2D eigenvalue weighted by molar-refractivity contribution is 8.76. The van der Waals surface area contributed by atoms with E-state index in [9.17, 15) is 33.2 Å². The number of aromatic nitrogens is 1. The molecule has 5 fully saturated rings. The quantitative estimate of drug-likeness (QED) is 0.0771. The van der Waals surface area contributed by atoms with Crippen LogP contribution in [-0.2, 0) is 33.3 Å². The number of nitriles is 1. The third kappa shape index (κ3) is 7.69. The molecule has 0 radical (unpaired) electrons. The van der Waals surface area contributed by atoms with E-state index in [0.717, 1.165) is 61.4 Å². The van der Waals surface area contributed by atoms with Crippen LogP contribution in [-0.4, -0.2) is 109 Å². The van der Waals surface area contributed by atoms with Gasteiger partial charge in [0, 0.05) is 77.6 Å². The van der Waals surface area contributed by atoms with Crippen molar-refractivity contribution in [3.63, 3.8) is 0 Å². The Morgan fingerprint density at radius 1 is 1.08 bits per heavy atom. The second kappa shape index (κ2) is 17.0. The van der Waals surface area contributed by atoms with Crippen LogP contribution in [0.2, 0.25) is 0 Å². The van der Waals surface area contributed by atoms with E-state index in [1.165, 1.54) is 12.3 Å². The largest absolute Gasteiger partial charge is 0.494 e. The third-order valence-corrected chi connectivity index (χ3v) is 17.1. The molecule has 1 aromatic heterocycles. The number of rotatable bonds is 18. The molecule has 0 bridgehead atoms. The zero-order valence-corrected chi connectivity index (χ0v) is 36.5. The summed E-state index contributed by atoms with van der Waals surface area (Å²) in [5, 5.41) is 15.7. The highest BCUT2D eigenvalue weighted by Crippen LogP contribution is 2.77. The lowest BCUT2D eigenvalue weighted by atomic mass is 9.50. The first-order valence-corrected chi connectivity index (χ1v) is 24.2. The van der Waals surface area contributed by atoms with Crippen LogP contribution in [0.5, 0.6) is 5.75 Å². The van der Waals surface area contributed by atoms with Crippen molar-refractivity contribution in [3.05, 3.63) is 47.2 Å². The molecule has 1 amide bonds. The van der Waals surface area contributed by atoms with E-state index >= 15 is 0 Å². The van der Waals surface area contributed by atoms with Gasteiger partial charge in [-0.1, -0.05) is 28.5 Å². The Balaban J connectivity index is 0.650. The number of cyclic esters (lactones) is 1. The minimum atomic E-state index is -3.07. The normalized spacial score (nSPS) is 34.4. The van der Waals surface area contributed by atoms with Gasteiger partial charge in [0.2, 0.25) is 5.92 Å². The number of nitrogens with zero attached hydrogens (tertiary/aromatic N) is 2. The summed E-state index contributed by atoms with van der Waals surface area (Å²) in [4.78, 5) is 55.7. The number of nitrogens with one attached hydrogen (secondary N) is 2. The van der Waals surface area contributed by atoms with Crippen molar-refractivity contribution in [3.8, 4) is 11.8 Å². The van der Waals surface area contributed by atoms with E-state index in [1.54, 1.807) is 45.9 Å². The van der Waals surface area contributed by atoms with Crippen molar-refractivity contribution in [1.29, 1.82) is 5.26 Å². The second-order valence-electron chi connectivity index (χ2n) is 18.2. The lowest BCUT2D eigenvalue weighted by Crippen LogP contribution is -2.71. The number of esters is 2. The molecule has 2 N–H and O–H groups in total. The molecular weight excluding hydrogens is 843 g/mol. The fourth-order valence-electron chi connectivity index (χ4n) is 11.4. The number of carbonyl (C=O) groups is 4. The van der Waals surface area contributed by atoms with Gasteiger partial charge >= 0.3 is 11.9 Å². The predicted molar refractivity (Wildman–Crippen MR) is 225 cm³/mol. The molecule has 4 aliphatic carbocycles. The highest BCUT2D eigenvalue weighted by Gasteiger charge is 2.89. The molecule has 1 unspecified atom stereocenters. The number of alkyl halides is 2. The van der Waals surface area contributed by atoms with Crippen molar-refractivity contribution in [2.45, 2.75) is 94.5 Å². The molecule has 4 heterocycles. The zero-order valence-electron chi connectivity index (χ0n) is 34.9. The summed E-state index contributed by atoms with van der Waals surface area (Å²) in [6.45, 7) is 6.75. The number of halogens is 2.